The minimum Gasteiger partial charge on any atom is -0.497 e. The molecule has 0 saturated carbocycles. The first kappa shape index (κ1) is 14.4. The zero-order valence-corrected chi connectivity index (χ0v) is 12.8. The molecule has 0 bridgehead atoms. The number of hydrogen-bond acceptors (Lipinski definition) is 3. The number of nitrogens with one attached hydrogen (secondary N) is 1. The van der Waals surface area contributed by atoms with Gasteiger partial charge in [-0.15, -0.1) is 0 Å². The van der Waals surface area contributed by atoms with Gasteiger partial charge in [-0.05, 0) is 58.7 Å². The fraction of sp³-hybridized carbons (Fsp3) is 0.133. The van der Waals surface area contributed by atoms with Crippen LogP contribution >= 0.6 is 15.9 Å². The number of methoxy groups -OCH3 is 1. The quantitative estimate of drug-likeness (QED) is 0.843. The Hall–Kier alpha value is -2.01. The molecule has 4 nitrogen and oxygen atoms in total. The van der Waals surface area contributed by atoms with Crippen molar-refractivity contribution in [3.05, 3.63) is 52.0 Å². The van der Waals surface area contributed by atoms with Gasteiger partial charge >= 0.3 is 0 Å². The first-order valence-corrected chi connectivity index (χ1v) is 6.81. The zero-order valence-electron chi connectivity index (χ0n) is 11.2. The van der Waals surface area contributed by atoms with Crippen LogP contribution in [0.5, 0.6) is 5.75 Å². The van der Waals surface area contributed by atoms with E-state index in [0.717, 1.165) is 10.0 Å². The summed E-state index contributed by atoms with van der Waals surface area (Å²) < 4.78 is 5.94. The van der Waals surface area contributed by atoms with E-state index in [1.54, 1.807) is 31.4 Å². The second-order valence-electron chi connectivity index (χ2n) is 4.37. The molecule has 104 valence electrons. The lowest BCUT2D eigenvalue weighted by molar-refractivity contribution is 0.102. The van der Waals surface area contributed by atoms with Crippen molar-refractivity contribution in [1.29, 1.82) is 0 Å². The van der Waals surface area contributed by atoms with Crippen LogP contribution in [0.3, 0.4) is 0 Å². The maximum Gasteiger partial charge on any atom is 0.255 e. The smallest absolute Gasteiger partial charge is 0.255 e. The van der Waals surface area contributed by atoms with Crippen LogP contribution in [0.4, 0.5) is 11.4 Å². The summed E-state index contributed by atoms with van der Waals surface area (Å²) in [6, 6.07) is 10.6. The number of nitrogen functional groups attached to an aromatic ring is 1. The van der Waals surface area contributed by atoms with E-state index in [4.69, 9.17) is 10.5 Å². The van der Waals surface area contributed by atoms with Crippen molar-refractivity contribution in [3.8, 4) is 5.75 Å². The fourth-order valence-corrected chi connectivity index (χ4v) is 2.20. The summed E-state index contributed by atoms with van der Waals surface area (Å²) in [5, 5.41) is 2.85. The lowest BCUT2D eigenvalue weighted by atomic mass is 10.1. The largest absolute Gasteiger partial charge is 0.497 e. The molecule has 0 aliphatic heterocycles. The van der Waals surface area contributed by atoms with E-state index < -0.39 is 0 Å². The summed E-state index contributed by atoms with van der Waals surface area (Å²) >= 11 is 3.40. The molecule has 20 heavy (non-hydrogen) atoms. The number of ether oxygens (including phenoxy) is 1. The second kappa shape index (κ2) is 5.96. The molecule has 0 spiro atoms. The number of anilines is 2. The molecular formula is C15H15BrN2O2. The minimum absolute atomic E-state index is 0.184. The Balaban J connectivity index is 2.27. The Kier molecular flexibility index (Phi) is 4.29. The molecule has 0 saturated heterocycles. The van der Waals surface area contributed by atoms with Crippen LogP contribution in [0, 0.1) is 6.92 Å². The standard InChI is InChI=1S/C15H15BrN2O2/c1-9-7-10(17)3-5-12(9)15(19)18-14-8-11(20-2)4-6-13(14)16/h3-8H,17H2,1-2H3,(H,18,19). The van der Waals surface area contributed by atoms with E-state index in [-0.39, 0.29) is 5.91 Å². The van der Waals surface area contributed by atoms with E-state index in [0.29, 0.717) is 22.7 Å². The van der Waals surface area contributed by atoms with Gasteiger partial charge in [0.2, 0.25) is 0 Å². The second-order valence-corrected chi connectivity index (χ2v) is 5.23. The molecule has 0 aromatic heterocycles. The third-order valence-corrected chi connectivity index (χ3v) is 3.61. The summed E-state index contributed by atoms with van der Waals surface area (Å²) in [6.45, 7) is 1.85. The van der Waals surface area contributed by atoms with Gasteiger partial charge in [0.05, 0.1) is 12.8 Å². The Morgan fingerprint density at radius 3 is 2.65 bits per heavy atom. The molecule has 0 aliphatic rings. The van der Waals surface area contributed by atoms with Gasteiger partial charge in [0.1, 0.15) is 5.75 Å². The van der Waals surface area contributed by atoms with Crippen LogP contribution in [0.1, 0.15) is 15.9 Å². The van der Waals surface area contributed by atoms with Crippen molar-refractivity contribution in [2.75, 3.05) is 18.2 Å². The number of carbonyl (C=O) groups is 1. The Morgan fingerprint density at radius 2 is 2.00 bits per heavy atom. The van der Waals surface area contributed by atoms with Gasteiger partial charge in [-0.25, -0.2) is 0 Å². The molecule has 0 fully saturated rings. The first-order valence-electron chi connectivity index (χ1n) is 6.02. The summed E-state index contributed by atoms with van der Waals surface area (Å²) in [5.74, 6) is 0.494. The Labute approximate surface area is 126 Å². The number of halogens is 1. The molecule has 5 heteroatoms. The van der Waals surface area contributed by atoms with Crippen LogP contribution in [0.25, 0.3) is 0 Å². The van der Waals surface area contributed by atoms with E-state index in [2.05, 4.69) is 21.2 Å². The van der Waals surface area contributed by atoms with Crippen LogP contribution in [0.15, 0.2) is 40.9 Å². The summed E-state index contributed by atoms with van der Waals surface area (Å²) in [7, 11) is 1.58. The average Bonchev–Trinajstić information content (AvgIpc) is 2.41. The predicted octanol–water partition coefficient (Wildman–Crippen LogP) is 3.60. The highest BCUT2D eigenvalue weighted by Gasteiger charge is 2.11. The number of hydrogen-bond donors (Lipinski definition) is 2. The van der Waals surface area contributed by atoms with Gasteiger partial charge in [-0.2, -0.15) is 0 Å². The number of carbonyl (C=O) groups excluding carboxylic acids is 1. The normalized spacial score (nSPS) is 10.2. The van der Waals surface area contributed by atoms with Crippen LogP contribution in [0.2, 0.25) is 0 Å². The third kappa shape index (κ3) is 3.11. The SMILES string of the molecule is COc1ccc(Br)c(NC(=O)c2ccc(N)cc2C)c1. The van der Waals surface area contributed by atoms with Gasteiger partial charge in [-0.1, -0.05) is 0 Å². The van der Waals surface area contributed by atoms with E-state index in [1.807, 2.05) is 19.1 Å². The predicted molar refractivity (Wildman–Crippen MR) is 84.2 cm³/mol. The number of nitrogens with two attached hydrogens (primary N) is 1. The van der Waals surface area contributed by atoms with Crippen molar-refractivity contribution < 1.29 is 9.53 Å². The molecular weight excluding hydrogens is 320 g/mol. The topological polar surface area (TPSA) is 64.3 Å². The van der Waals surface area contributed by atoms with Crippen molar-refractivity contribution in [2.45, 2.75) is 6.92 Å². The monoisotopic (exact) mass is 334 g/mol. The van der Waals surface area contributed by atoms with E-state index >= 15 is 0 Å². The van der Waals surface area contributed by atoms with Crippen molar-refractivity contribution in [2.24, 2.45) is 0 Å². The van der Waals surface area contributed by atoms with E-state index in [9.17, 15) is 4.79 Å². The zero-order chi connectivity index (χ0) is 14.7. The molecule has 2 aromatic rings. The molecule has 2 rings (SSSR count). The Morgan fingerprint density at radius 1 is 1.25 bits per heavy atom. The number of aryl methyl sites for hydroxylation is 1. The van der Waals surface area contributed by atoms with Crippen molar-refractivity contribution in [1.82, 2.24) is 0 Å². The number of amides is 1. The lowest BCUT2D eigenvalue weighted by Crippen LogP contribution is -2.14. The molecule has 1 amide bonds. The van der Waals surface area contributed by atoms with Gasteiger partial charge in [-0.3, -0.25) is 4.79 Å². The van der Waals surface area contributed by atoms with Crippen LogP contribution in [-0.2, 0) is 0 Å². The lowest BCUT2D eigenvalue weighted by Gasteiger charge is -2.11. The molecule has 0 atom stereocenters. The van der Waals surface area contributed by atoms with Gasteiger partial charge in [0, 0.05) is 21.8 Å². The average molecular weight is 335 g/mol. The molecule has 3 N–H and O–H groups in total. The maximum atomic E-state index is 12.3. The van der Waals surface area contributed by atoms with Crippen molar-refractivity contribution in [3.63, 3.8) is 0 Å². The third-order valence-electron chi connectivity index (χ3n) is 2.92. The van der Waals surface area contributed by atoms with E-state index in [1.165, 1.54) is 0 Å². The molecule has 0 unspecified atom stereocenters. The Bertz CT molecular complexity index is 656. The summed E-state index contributed by atoms with van der Waals surface area (Å²) in [6.07, 6.45) is 0. The van der Waals surface area contributed by atoms with Gasteiger partial charge in [0.25, 0.3) is 5.91 Å². The highest BCUT2D eigenvalue weighted by Crippen LogP contribution is 2.27. The van der Waals surface area contributed by atoms with Gasteiger partial charge in [0.15, 0.2) is 0 Å². The first-order chi connectivity index (χ1) is 9.51. The summed E-state index contributed by atoms with van der Waals surface area (Å²) in [5.41, 5.74) is 8.41. The fourth-order valence-electron chi connectivity index (χ4n) is 1.86. The van der Waals surface area contributed by atoms with Gasteiger partial charge < -0.3 is 15.8 Å². The molecule has 0 radical (unpaired) electrons. The highest BCUT2D eigenvalue weighted by molar-refractivity contribution is 9.10. The number of benzene rings is 2. The number of rotatable bonds is 3. The summed E-state index contributed by atoms with van der Waals surface area (Å²) in [4.78, 5) is 12.3. The minimum atomic E-state index is -0.184. The van der Waals surface area contributed by atoms with Crippen LogP contribution < -0.4 is 15.8 Å². The molecule has 2 aromatic carbocycles. The van der Waals surface area contributed by atoms with Crippen LogP contribution in [-0.4, -0.2) is 13.0 Å². The highest BCUT2D eigenvalue weighted by atomic mass is 79.9. The molecule has 0 heterocycles. The maximum absolute atomic E-state index is 12.3. The molecule has 0 aliphatic carbocycles. The van der Waals surface area contributed by atoms with Crippen molar-refractivity contribution >= 4 is 33.2 Å².